The lowest BCUT2D eigenvalue weighted by atomic mass is 10.4. The zero-order valence-electron chi connectivity index (χ0n) is 6.98. The summed E-state index contributed by atoms with van der Waals surface area (Å²) in [5.41, 5.74) is 1.76. The van der Waals surface area contributed by atoms with E-state index in [1.54, 1.807) is 17.8 Å². The monoisotopic (exact) mass is 163 g/mol. The van der Waals surface area contributed by atoms with E-state index in [0.717, 1.165) is 11.3 Å². The molecule has 0 fully saturated rings. The van der Waals surface area contributed by atoms with Gasteiger partial charge in [-0.2, -0.15) is 10.1 Å². The predicted molar refractivity (Wildman–Crippen MR) is 44.3 cm³/mol. The van der Waals surface area contributed by atoms with Gasteiger partial charge in [0.25, 0.3) is 0 Å². The highest BCUT2D eigenvalue weighted by molar-refractivity contribution is 5.40. The number of aryl methyl sites for hydroxylation is 1. The van der Waals surface area contributed by atoms with Crippen LogP contribution in [0.4, 0.5) is 0 Å². The van der Waals surface area contributed by atoms with Crippen LogP contribution in [0.1, 0.15) is 5.69 Å². The van der Waals surface area contributed by atoms with Crippen LogP contribution in [0.2, 0.25) is 0 Å². The second kappa shape index (κ2) is 2.48. The van der Waals surface area contributed by atoms with Gasteiger partial charge in [-0.3, -0.25) is 0 Å². The summed E-state index contributed by atoms with van der Waals surface area (Å²) >= 11 is 0. The number of rotatable bonds is 1. The maximum Gasteiger partial charge on any atom is 0.234 e. The van der Waals surface area contributed by atoms with Gasteiger partial charge in [-0.1, -0.05) is 0 Å². The summed E-state index contributed by atoms with van der Waals surface area (Å²) in [7, 11) is 1.59. The van der Waals surface area contributed by atoms with Crippen molar-refractivity contribution in [2.75, 3.05) is 7.11 Å². The number of ether oxygens (including phenoxy) is 1. The van der Waals surface area contributed by atoms with E-state index in [9.17, 15) is 0 Å². The maximum absolute atomic E-state index is 4.97. The Labute approximate surface area is 69.8 Å². The molecule has 0 aliphatic carbocycles. The van der Waals surface area contributed by atoms with Crippen LogP contribution in [0.3, 0.4) is 0 Å². The van der Waals surface area contributed by atoms with E-state index < -0.39 is 0 Å². The first-order valence-electron chi connectivity index (χ1n) is 3.66. The first kappa shape index (κ1) is 7.09. The molecule has 0 atom stereocenters. The molecule has 0 radical (unpaired) electrons. The Hall–Kier alpha value is -1.58. The number of methoxy groups -OCH3 is 1. The molecule has 2 aromatic heterocycles. The zero-order valence-corrected chi connectivity index (χ0v) is 6.98. The molecule has 0 aromatic carbocycles. The van der Waals surface area contributed by atoms with Crippen molar-refractivity contribution in [3.8, 4) is 5.88 Å². The minimum atomic E-state index is 0.591. The topological polar surface area (TPSA) is 39.4 Å². The average Bonchev–Trinajstić information content (AvgIpc) is 2.46. The molecule has 4 nitrogen and oxygen atoms in total. The molecule has 62 valence electrons. The van der Waals surface area contributed by atoms with E-state index in [1.165, 1.54) is 0 Å². The van der Waals surface area contributed by atoms with Crippen molar-refractivity contribution in [1.29, 1.82) is 0 Å². The fraction of sp³-hybridized carbons (Fsp3) is 0.250. The van der Waals surface area contributed by atoms with Crippen LogP contribution in [-0.2, 0) is 0 Å². The van der Waals surface area contributed by atoms with Crippen LogP contribution >= 0.6 is 0 Å². The largest absolute Gasteiger partial charge is 0.480 e. The average molecular weight is 163 g/mol. The minimum absolute atomic E-state index is 0.591. The van der Waals surface area contributed by atoms with Gasteiger partial charge in [0.2, 0.25) is 5.88 Å². The van der Waals surface area contributed by atoms with Gasteiger partial charge < -0.3 is 4.74 Å². The Morgan fingerprint density at radius 1 is 1.42 bits per heavy atom. The molecule has 2 aromatic rings. The van der Waals surface area contributed by atoms with Crippen molar-refractivity contribution in [3.63, 3.8) is 0 Å². The van der Waals surface area contributed by atoms with Crippen molar-refractivity contribution in [3.05, 3.63) is 24.0 Å². The standard InChI is InChI=1S/C8H9N3O/c1-6-3-4-7-9-8(12-2)5-11(7)10-6/h3-5H,1-2H3. The lowest BCUT2D eigenvalue weighted by Gasteiger charge is -1.91. The lowest BCUT2D eigenvalue weighted by Crippen LogP contribution is -1.91. The maximum atomic E-state index is 4.97. The van der Waals surface area contributed by atoms with Gasteiger partial charge >= 0.3 is 0 Å². The van der Waals surface area contributed by atoms with Crippen LogP contribution in [0, 0.1) is 6.92 Å². The highest BCUT2D eigenvalue weighted by Crippen LogP contribution is 2.09. The lowest BCUT2D eigenvalue weighted by molar-refractivity contribution is 0.400. The summed E-state index contributed by atoms with van der Waals surface area (Å²) in [6, 6.07) is 3.83. The van der Waals surface area contributed by atoms with Crippen molar-refractivity contribution in [1.82, 2.24) is 14.6 Å². The number of nitrogens with zero attached hydrogens (tertiary/aromatic N) is 3. The molecule has 0 saturated carbocycles. The highest BCUT2D eigenvalue weighted by Gasteiger charge is 2.00. The third kappa shape index (κ3) is 1.01. The number of imidazole rings is 1. The summed E-state index contributed by atoms with van der Waals surface area (Å²) in [4.78, 5) is 4.15. The number of fused-ring (bicyclic) bond motifs is 1. The predicted octanol–water partition coefficient (Wildman–Crippen LogP) is 1.05. The van der Waals surface area contributed by atoms with E-state index in [0.29, 0.717) is 5.88 Å². The van der Waals surface area contributed by atoms with Gasteiger partial charge in [-0.15, -0.1) is 0 Å². The smallest absolute Gasteiger partial charge is 0.234 e. The van der Waals surface area contributed by atoms with Crippen LogP contribution in [0.5, 0.6) is 5.88 Å². The fourth-order valence-corrected chi connectivity index (χ4v) is 1.05. The molecule has 0 saturated heterocycles. The number of hydrogen-bond donors (Lipinski definition) is 0. The van der Waals surface area contributed by atoms with Crippen LogP contribution in [-0.4, -0.2) is 21.7 Å². The molecule has 2 rings (SSSR count). The number of aromatic nitrogens is 3. The molecule has 0 spiro atoms. The molecular weight excluding hydrogens is 154 g/mol. The first-order chi connectivity index (χ1) is 5.79. The molecule has 0 unspecified atom stereocenters. The molecule has 0 bridgehead atoms. The van der Waals surface area contributed by atoms with Gasteiger partial charge in [-0.25, -0.2) is 4.52 Å². The molecular formula is C8H9N3O. The van der Waals surface area contributed by atoms with Gasteiger partial charge in [0.15, 0.2) is 5.65 Å². The third-order valence-corrected chi connectivity index (χ3v) is 1.64. The molecule has 0 N–H and O–H groups in total. The van der Waals surface area contributed by atoms with Crippen LogP contribution in [0.25, 0.3) is 5.65 Å². The SMILES string of the molecule is COc1cn2nc(C)ccc2n1. The van der Waals surface area contributed by atoms with Crippen LogP contribution in [0.15, 0.2) is 18.3 Å². The fourth-order valence-electron chi connectivity index (χ4n) is 1.05. The summed E-state index contributed by atoms with van der Waals surface area (Å²) in [5.74, 6) is 0.591. The van der Waals surface area contributed by atoms with Crippen molar-refractivity contribution in [2.24, 2.45) is 0 Å². The van der Waals surface area contributed by atoms with E-state index in [2.05, 4.69) is 10.1 Å². The summed E-state index contributed by atoms with van der Waals surface area (Å²) in [5, 5.41) is 4.22. The quantitative estimate of drug-likeness (QED) is 0.630. The second-order valence-corrected chi connectivity index (χ2v) is 2.56. The first-order valence-corrected chi connectivity index (χ1v) is 3.66. The van der Waals surface area contributed by atoms with Gasteiger partial charge in [0, 0.05) is 0 Å². The van der Waals surface area contributed by atoms with Gasteiger partial charge in [-0.05, 0) is 19.1 Å². The Bertz CT molecular complexity index is 408. The Balaban J connectivity index is 2.67. The molecule has 0 amide bonds. The normalized spacial score (nSPS) is 10.5. The molecule has 12 heavy (non-hydrogen) atoms. The van der Waals surface area contributed by atoms with Crippen molar-refractivity contribution in [2.45, 2.75) is 6.92 Å². The highest BCUT2D eigenvalue weighted by atomic mass is 16.5. The summed E-state index contributed by atoms with van der Waals surface area (Å²) < 4.78 is 6.67. The summed E-state index contributed by atoms with van der Waals surface area (Å²) in [6.45, 7) is 1.94. The van der Waals surface area contributed by atoms with E-state index in [-0.39, 0.29) is 0 Å². The molecule has 4 heteroatoms. The third-order valence-electron chi connectivity index (χ3n) is 1.64. The van der Waals surface area contributed by atoms with Gasteiger partial charge in [0.05, 0.1) is 19.0 Å². The van der Waals surface area contributed by atoms with Crippen LogP contribution < -0.4 is 4.74 Å². The van der Waals surface area contributed by atoms with E-state index in [4.69, 9.17) is 4.74 Å². The van der Waals surface area contributed by atoms with E-state index >= 15 is 0 Å². The van der Waals surface area contributed by atoms with E-state index in [1.807, 2.05) is 19.1 Å². The summed E-state index contributed by atoms with van der Waals surface area (Å²) in [6.07, 6.45) is 1.75. The zero-order chi connectivity index (χ0) is 8.55. The molecule has 0 aliphatic rings. The van der Waals surface area contributed by atoms with Crippen molar-refractivity contribution < 1.29 is 4.74 Å². The Morgan fingerprint density at radius 3 is 3.00 bits per heavy atom. The molecule has 2 heterocycles. The van der Waals surface area contributed by atoms with Gasteiger partial charge in [0.1, 0.15) is 0 Å². The van der Waals surface area contributed by atoms with Crippen molar-refractivity contribution >= 4 is 5.65 Å². The molecule has 0 aliphatic heterocycles. The Morgan fingerprint density at radius 2 is 2.25 bits per heavy atom. The minimum Gasteiger partial charge on any atom is -0.480 e. The number of hydrogen-bond acceptors (Lipinski definition) is 3. The Kier molecular flexibility index (Phi) is 1.46. The second-order valence-electron chi connectivity index (χ2n) is 2.56.